The van der Waals surface area contributed by atoms with Crippen molar-refractivity contribution in [3.05, 3.63) is 0 Å². The lowest BCUT2D eigenvalue weighted by atomic mass is 10.0. The molecule has 1 heterocycles. The number of nitrogens with zero attached hydrogens (tertiary/aromatic N) is 1. The molecule has 0 aromatic carbocycles. The maximum Gasteiger partial charge on any atom is 0.188 e. The highest BCUT2D eigenvalue weighted by atomic mass is 127. The summed E-state index contributed by atoms with van der Waals surface area (Å²) in [5.41, 5.74) is 5.74. The molecule has 1 aliphatic rings. The third kappa shape index (κ3) is 10.7. The average Bonchev–Trinajstić information content (AvgIpc) is 2.41. The Morgan fingerprint density at radius 2 is 2.10 bits per heavy atom. The van der Waals surface area contributed by atoms with Crippen molar-refractivity contribution in [2.75, 3.05) is 39.5 Å². The quantitative estimate of drug-likeness (QED) is 0.284. The van der Waals surface area contributed by atoms with Crippen molar-refractivity contribution in [1.29, 1.82) is 0 Å². The van der Waals surface area contributed by atoms with Crippen LogP contribution in [-0.2, 0) is 9.47 Å². The zero-order valence-electron chi connectivity index (χ0n) is 12.8. The van der Waals surface area contributed by atoms with Crippen molar-refractivity contribution in [3.8, 4) is 0 Å². The van der Waals surface area contributed by atoms with E-state index in [0.29, 0.717) is 17.8 Å². The molecule has 1 rings (SSSR count). The highest BCUT2D eigenvalue weighted by molar-refractivity contribution is 14.0. The number of nitrogens with two attached hydrogens (primary N) is 1. The Kier molecular flexibility index (Phi) is 12.6. The van der Waals surface area contributed by atoms with Gasteiger partial charge in [0.1, 0.15) is 0 Å². The summed E-state index contributed by atoms with van der Waals surface area (Å²) in [4.78, 5) is 4.24. The number of halogens is 1. The number of nitrogens with one attached hydrogen (secondary N) is 1. The lowest BCUT2D eigenvalue weighted by molar-refractivity contribution is 0.0203. The predicted octanol–water partition coefficient (Wildman–Crippen LogP) is 2.00. The van der Waals surface area contributed by atoms with Crippen LogP contribution >= 0.6 is 24.0 Å². The summed E-state index contributed by atoms with van der Waals surface area (Å²) in [5, 5.41) is 3.10. The van der Waals surface area contributed by atoms with Gasteiger partial charge in [-0.05, 0) is 31.1 Å². The molecule has 0 unspecified atom stereocenters. The highest BCUT2D eigenvalue weighted by Gasteiger charge is 2.13. The molecule has 0 aromatic rings. The minimum absolute atomic E-state index is 0. The van der Waals surface area contributed by atoms with Gasteiger partial charge in [-0.3, -0.25) is 4.99 Å². The van der Waals surface area contributed by atoms with Gasteiger partial charge < -0.3 is 20.5 Å². The van der Waals surface area contributed by atoms with Crippen LogP contribution in [0.3, 0.4) is 0 Å². The smallest absolute Gasteiger partial charge is 0.188 e. The van der Waals surface area contributed by atoms with E-state index in [1.807, 2.05) is 0 Å². The third-order valence-corrected chi connectivity index (χ3v) is 3.09. The Morgan fingerprint density at radius 3 is 2.75 bits per heavy atom. The van der Waals surface area contributed by atoms with Crippen LogP contribution in [0.2, 0.25) is 0 Å². The summed E-state index contributed by atoms with van der Waals surface area (Å²) in [6.07, 6.45) is 3.22. The summed E-state index contributed by atoms with van der Waals surface area (Å²) in [6.45, 7) is 9.26. The van der Waals surface area contributed by atoms with Crippen molar-refractivity contribution in [2.45, 2.75) is 33.1 Å². The SMILES string of the molecule is CC(C)CN=C(N)NCCCOCC1CCOCC1.I. The molecule has 0 aliphatic carbocycles. The Morgan fingerprint density at radius 1 is 1.40 bits per heavy atom. The molecule has 1 aliphatic heterocycles. The van der Waals surface area contributed by atoms with E-state index in [-0.39, 0.29) is 24.0 Å². The zero-order valence-corrected chi connectivity index (χ0v) is 15.1. The van der Waals surface area contributed by atoms with Gasteiger partial charge in [0, 0.05) is 39.5 Å². The van der Waals surface area contributed by atoms with Crippen LogP contribution in [0, 0.1) is 11.8 Å². The number of ether oxygens (including phenoxy) is 2. The number of guanidine groups is 1. The molecule has 0 radical (unpaired) electrons. The molecule has 0 spiro atoms. The van der Waals surface area contributed by atoms with Crippen LogP contribution in [0.15, 0.2) is 4.99 Å². The van der Waals surface area contributed by atoms with Crippen LogP contribution in [0.1, 0.15) is 33.1 Å². The fourth-order valence-electron chi connectivity index (χ4n) is 1.89. The van der Waals surface area contributed by atoms with E-state index in [1.165, 1.54) is 0 Å². The predicted molar refractivity (Wildman–Crippen MR) is 93.7 cm³/mol. The fourth-order valence-corrected chi connectivity index (χ4v) is 1.89. The first-order chi connectivity index (χ1) is 9.18. The standard InChI is InChI=1S/C14H29N3O2.HI/c1-12(2)10-17-14(15)16-6-3-7-19-11-13-4-8-18-9-5-13;/h12-13H,3-11H2,1-2H3,(H3,15,16,17);1H. The minimum Gasteiger partial charge on any atom is -0.381 e. The summed E-state index contributed by atoms with van der Waals surface area (Å²) in [5.74, 6) is 1.76. The van der Waals surface area contributed by atoms with Crippen molar-refractivity contribution in [1.82, 2.24) is 5.32 Å². The second kappa shape index (κ2) is 12.6. The molecule has 0 amide bonds. The van der Waals surface area contributed by atoms with Crippen LogP contribution in [0.4, 0.5) is 0 Å². The normalized spacial score (nSPS) is 17.1. The molecule has 0 saturated carbocycles. The second-order valence-corrected chi connectivity index (χ2v) is 5.53. The first-order valence-corrected chi connectivity index (χ1v) is 7.37. The van der Waals surface area contributed by atoms with Gasteiger partial charge >= 0.3 is 0 Å². The lowest BCUT2D eigenvalue weighted by Gasteiger charge is -2.21. The van der Waals surface area contributed by atoms with Crippen molar-refractivity contribution < 1.29 is 9.47 Å². The second-order valence-electron chi connectivity index (χ2n) is 5.53. The number of hydrogen-bond donors (Lipinski definition) is 2. The van der Waals surface area contributed by atoms with E-state index < -0.39 is 0 Å². The molecule has 120 valence electrons. The van der Waals surface area contributed by atoms with Crippen molar-refractivity contribution in [2.24, 2.45) is 22.6 Å². The lowest BCUT2D eigenvalue weighted by Crippen LogP contribution is -2.33. The molecule has 3 N–H and O–H groups in total. The Hall–Kier alpha value is -0.0800. The van der Waals surface area contributed by atoms with Crippen molar-refractivity contribution >= 4 is 29.9 Å². The Labute approximate surface area is 140 Å². The molecule has 1 fully saturated rings. The minimum atomic E-state index is 0. The number of rotatable bonds is 8. The van der Waals surface area contributed by atoms with Gasteiger partial charge in [0.05, 0.1) is 0 Å². The van der Waals surface area contributed by atoms with Gasteiger partial charge in [-0.1, -0.05) is 13.8 Å². The van der Waals surface area contributed by atoms with E-state index in [0.717, 1.165) is 58.8 Å². The summed E-state index contributed by atoms with van der Waals surface area (Å²) in [6, 6.07) is 0. The maximum atomic E-state index is 5.74. The molecule has 6 heteroatoms. The van der Waals surface area contributed by atoms with E-state index in [1.54, 1.807) is 0 Å². The Bertz CT molecular complexity index is 257. The van der Waals surface area contributed by atoms with Gasteiger partial charge in [-0.2, -0.15) is 0 Å². The maximum absolute atomic E-state index is 5.74. The third-order valence-electron chi connectivity index (χ3n) is 3.09. The molecule has 5 nitrogen and oxygen atoms in total. The van der Waals surface area contributed by atoms with Crippen LogP contribution in [0.5, 0.6) is 0 Å². The van der Waals surface area contributed by atoms with Crippen LogP contribution < -0.4 is 11.1 Å². The molecule has 1 saturated heterocycles. The van der Waals surface area contributed by atoms with Gasteiger partial charge in [0.25, 0.3) is 0 Å². The molecule has 20 heavy (non-hydrogen) atoms. The van der Waals surface area contributed by atoms with Crippen LogP contribution in [-0.4, -0.2) is 45.5 Å². The number of aliphatic imine (C=N–C) groups is 1. The van der Waals surface area contributed by atoms with Gasteiger partial charge in [0.2, 0.25) is 0 Å². The van der Waals surface area contributed by atoms with Crippen LogP contribution in [0.25, 0.3) is 0 Å². The van der Waals surface area contributed by atoms with Gasteiger partial charge in [-0.15, -0.1) is 24.0 Å². The van der Waals surface area contributed by atoms with E-state index in [2.05, 4.69) is 24.2 Å². The van der Waals surface area contributed by atoms with Gasteiger partial charge in [-0.25, -0.2) is 0 Å². The highest BCUT2D eigenvalue weighted by Crippen LogP contribution is 2.14. The topological polar surface area (TPSA) is 68.9 Å². The molecular formula is C14H30IN3O2. The number of hydrogen-bond acceptors (Lipinski definition) is 3. The van der Waals surface area contributed by atoms with Gasteiger partial charge in [0.15, 0.2) is 5.96 Å². The van der Waals surface area contributed by atoms with E-state index in [4.69, 9.17) is 15.2 Å². The molecule has 0 bridgehead atoms. The first kappa shape index (κ1) is 19.9. The molecular weight excluding hydrogens is 369 g/mol. The summed E-state index contributed by atoms with van der Waals surface area (Å²) in [7, 11) is 0. The molecule has 0 aromatic heterocycles. The monoisotopic (exact) mass is 399 g/mol. The van der Waals surface area contributed by atoms with E-state index in [9.17, 15) is 0 Å². The first-order valence-electron chi connectivity index (χ1n) is 7.37. The average molecular weight is 399 g/mol. The Balaban J connectivity index is 0.00000361. The summed E-state index contributed by atoms with van der Waals surface area (Å²) >= 11 is 0. The fraction of sp³-hybridized carbons (Fsp3) is 0.929. The summed E-state index contributed by atoms with van der Waals surface area (Å²) < 4.78 is 11.0. The van der Waals surface area contributed by atoms with E-state index >= 15 is 0 Å². The van der Waals surface area contributed by atoms with Crippen molar-refractivity contribution in [3.63, 3.8) is 0 Å². The largest absolute Gasteiger partial charge is 0.381 e. The molecule has 0 atom stereocenters. The zero-order chi connectivity index (χ0) is 13.9.